The van der Waals surface area contributed by atoms with Gasteiger partial charge in [0.25, 0.3) is 0 Å². The Kier molecular flexibility index (Phi) is 5.89. The highest BCUT2D eigenvalue weighted by molar-refractivity contribution is 5.77. The molecule has 0 aromatic carbocycles. The molecule has 2 aliphatic heterocycles. The van der Waals surface area contributed by atoms with Crippen molar-refractivity contribution in [2.24, 2.45) is 0 Å². The van der Waals surface area contributed by atoms with Crippen molar-refractivity contribution >= 4 is 11.7 Å². The normalized spacial score (nSPS) is 21.2. The van der Waals surface area contributed by atoms with Gasteiger partial charge in [0.2, 0.25) is 5.91 Å². The smallest absolute Gasteiger partial charge is 0.248 e. The van der Waals surface area contributed by atoms with E-state index in [2.05, 4.69) is 20.9 Å². The molecular weight excluding hydrogens is 316 g/mol. The van der Waals surface area contributed by atoms with Gasteiger partial charge in [-0.05, 0) is 46.5 Å². The molecule has 1 aromatic rings. The van der Waals surface area contributed by atoms with Gasteiger partial charge in [0, 0.05) is 38.2 Å². The van der Waals surface area contributed by atoms with Crippen LogP contribution in [0.5, 0.6) is 0 Å². The van der Waals surface area contributed by atoms with Crippen LogP contribution in [0.3, 0.4) is 0 Å². The van der Waals surface area contributed by atoms with Crippen LogP contribution < -0.4 is 4.90 Å². The molecule has 6 nitrogen and oxygen atoms in total. The number of carbonyl (C=O) groups is 1. The van der Waals surface area contributed by atoms with Crippen LogP contribution in [0.4, 0.5) is 5.82 Å². The van der Waals surface area contributed by atoms with E-state index in [0.717, 1.165) is 56.4 Å². The summed E-state index contributed by atoms with van der Waals surface area (Å²) in [7, 11) is 0. The predicted molar refractivity (Wildman–Crippen MR) is 97.9 cm³/mol. The summed E-state index contributed by atoms with van der Waals surface area (Å²) < 4.78 is 5.48. The zero-order chi connectivity index (χ0) is 17.8. The van der Waals surface area contributed by atoms with Crippen molar-refractivity contribution in [3.8, 4) is 0 Å². The third-order valence-electron chi connectivity index (χ3n) is 5.01. The summed E-state index contributed by atoms with van der Waals surface area (Å²) in [6.45, 7) is 9.76. The minimum absolute atomic E-state index is 0.0806. The Morgan fingerprint density at radius 1 is 1.24 bits per heavy atom. The Hall–Kier alpha value is -1.69. The summed E-state index contributed by atoms with van der Waals surface area (Å²) >= 11 is 0. The quantitative estimate of drug-likeness (QED) is 0.820. The van der Waals surface area contributed by atoms with E-state index in [1.165, 1.54) is 12.8 Å². The third kappa shape index (κ3) is 4.69. The minimum Gasteiger partial charge on any atom is -0.369 e. The number of hydrogen-bond donors (Lipinski definition) is 0. The number of rotatable bonds is 5. The molecule has 6 heteroatoms. The van der Waals surface area contributed by atoms with Crippen molar-refractivity contribution in [3.05, 3.63) is 17.6 Å². The Labute approximate surface area is 150 Å². The van der Waals surface area contributed by atoms with Gasteiger partial charge in [-0.25, -0.2) is 9.97 Å². The molecule has 1 aromatic heterocycles. The maximum atomic E-state index is 12.4. The Morgan fingerprint density at radius 2 is 2.00 bits per heavy atom. The SMILES string of the molecule is Cc1nc(C2CCCN(C(=O)COC(C)C)C2)cc(N2CCCC2)n1. The number of nitrogens with zero attached hydrogens (tertiary/aromatic N) is 4. The molecule has 2 fully saturated rings. The minimum atomic E-state index is 0.0806. The molecule has 0 bridgehead atoms. The van der Waals surface area contributed by atoms with Crippen LogP contribution in [0.2, 0.25) is 0 Å². The zero-order valence-corrected chi connectivity index (χ0v) is 15.7. The van der Waals surface area contributed by atoms with Crippen LogP contribution in [0, 0.1) is 6.92 Å². The first-order chi connectivity index (χ1) is 12.0. The molecular formula is C19H30N4O2. The lowest BCUT2D eigenvalue weighted by atomic mass is 9.94. The summed E-state index contributed by atoms with van der Waals surface area (Å²) in [6.07, 6.45) is 4.64. The molecule has 0 aliphatic carbocycles. The zero-order valence-electron chi connectivity index (χ0n) is 15.7. The fourth-order valence-electron chi connectivity index (χ4n) is 3.67. The highest BCUT2D eigenvalue weighted by atomic mass is 16.5. The maximum absolute atomic E-state index is 12.4. The van der Waals surface area contributed by atoms with Gasteiger partial charge in [0.15, 0.2) is 0 Å². The summed E-state index contributed by atoms with van der Waals surface area (Å²) in [5, 5.41) is 0. The second kappa shape index (κ2) is 8.13. The average molecular weight is 346 g/mol. The molecule has 138 valence electrons. The van der Waals surface area contributed by atoms with Crippen molar-refractivity contribution in [1.29, 1.82) is 0 Å². The highest BCUT2D eigenvalue weighted by Gasteiger charge is 2.27. The molecule has 1 atom stereocenters. The first-order valence-corrected chi connectivity index (χ1v) is 9.53. The van der Waals surface area contributed by atoms with Crippen molar-refractivity contribution < 1.29 is 9.53 Å². The van der Waals surface area contributed by atoms with Gasteiger partial charge in [0.1, 0.15) is 18.2 Å². The molecule has 0 saturated carbocycles. The first kappa shape index (κ1) is 18.1. The van der Waals surface area contributed by atoms with Gasteiger partial charge in [-0.3, -0.25) is 4.79 Å². The van der Waals surface area contributed by atoms with Crippen molar-refractivity contribution in [1.82, 2.24) is 14.9 Å². The van der Waals surface area contributed by atoms with E-state index < -0.39 is 0 Å². The van der Waals surface area contributed by atoms with Crippen LogP contribution >= 0.6 is 0 Å². The standard InChI is InChI=1S/C19H30N4O2/c1-14(2)25-13-19(24)23-10-6-7-16(12-23)17-11-18(21-15(3)20-17)22-8-4-5-9-22/h11,14,16H,4-10,12-13H2,1-3H3. The van der Waals surface area contributed by atoms with Gasteiger partial charge in [-0.15, -0.1) is 0 Å². The van der Waals surface area contributed by atoms with Crippen LogP contribution in [-0.2, 0) is 9.53 Å². The first-order valence-electron chi connectivity index (χ1n) is 9.53. The number of hydrogen-bond acceptors (Lipinski definition) is 5. The molecule has 1 amide bonds. The lowest BCUT2D eigenvalue weighted by Crippen LogP contribution is -2.41. The number of aromatic nitrogens is 2. The topological polar surface area (TPSA) is 58.6 Å². The second-order valence-corrected chi connectivity index (χ2v) is 7.43. The average Bonchev–Trinajstić information content (AvgIpc) is 3.14. The molecule has 3 rings (SSSR count). The van der Waals surface area contributed by atoms with E-state index in [-0.39, 0.29) is 18.6 Å². The third-order valence-corrected chi connectivity index (χ3v) is 5.01. The van der Waals surface area contributed by atoms with Gasteiger partial charge in [0.05, 0.1) is 11.8 Å². The fraction of sp³-hybridized carbons (Fsp3) is 0.737. The summed E-state index contributed by atoms with van der Waals surface area (Å²) in [6, 6.07) is 2.14. The van der Waals surface area contributed by atoms with Crippen LogP contribution in [0.25, 0.3) is 0 Å². The van der Waals surface area contributed by atoms with E-state index in [4.69, 9.17) is 4.74 Å². The predicted octanol–water partition coefficient (Wildman–Crippen LogP) is 2.52. The number of ether oxygens (including phenoxy) is 1. The highest BCUT2D eigenvalue weighted by Crippen LogP contribution is 2.28. The molecule has 2 saturated heterocycles. The van der Waals surface area contributed by atoms with Gasteiger partial charge in [-0.1, -0.05) is 0 Å². The number of piperidine rings is 1. The van der Waals surface area contributed by atoms with Gasteiger partial charge < -0.3 is 14.5 Å². The van der Waals surface area contributed by atoms with Gasteiger partial charge >= 0.3 is 0 Å². The Morgan fingerprint density at radius 3 is 2.72 bits per heavy atom. The summed E-state index contributed by atoms with van der Waals surface area (Å²) in [4.78, 5) is 26.0. The van der Waals surface area contributed by atoms with Crippen LogP contribution in [-0.4, -0.2) is 59.7 Å². The molecule has 2 aliphatic rings. The molecule has 3 heterocycles. The lowest BCUT2D eigenvalue weighted by Gasteiger charge is -2.33. The van der Waals surface area contributed by atoms with E-state index in [1.807, 2.05) is 25.7 Å². The Balaban J connectivity index is 1.69. The van der Waals surface area contributed by atoms with E-state index in [1.54, 1.807) is 0 Å². The van der Waals surface area contributed by atoms with Crippen molar-refractivity contribution in [2.45, 2.75) is 58.5 Å². The summed E-state index contributed by atoms with van der Waals surface area (Å²) in [5.74, 6) is 2.25. The second-order valence-electron chi connectivity index (χ2n) is 7.43. The van der Waals surface area contributed by atoms with Gasteiger partial charge in [-0.2, -0.15) is 0 Å². The summed E-state index contributed by atoms with van der Waals surface area (Å²) in [5.41, 5.74) is 1.08. The lowest BCUT2D eigenvalue weighted by molar-refractivity contribution is -0.138. The number of anilines is 1. The molecule has 0 N–H and O–H groups in total. The van der Waals surface area contributed by atoms with Crippen molar-refractivity contribution in [2.75, 3.05) is 37.7 Å². The van der Waals surface area contributed by atoms with Crippen LogP contribution in [0.15, 0.2) is 6.07 Å². The molecule has 0 radical (unpaired) electrons. The Bertz CT molecular complexity index is 599. The molecule has 1 unspecified atom stereocenters. The number of aryl methyl sites for hydroxylation is 1. The largest absolute Gasteiger partial charge is 0.369 e. The van der Waals surface area contributed by atoms with Crippen molar-refractivity contribution in [3.63, 3.8) is 0 Å². The monoisotopic (exact) mass is 346 g/mol. The molecule has 25 heavy (non-hydrogen) atoms. The van der Waals surface area contributed by atoms with Crippen LogP contribution in [0.1, 0.15) is 57.0 Å². The molecule has 0 spiro atoms. The van der Waals surface area contributed by atoms with E-state index >= 15 is 0 Å². The van der Waals surface area contributed by atoms with E-state index in [9.17, 15) is 4.79 Å². The number of amides is 1. The fourth-order valence-corrected chi connectivity index (χ4v) is 3.67. The number of likely N-dealkylation sites (tertiary alicyclic amines) is 1. The number of carbonyl (C=O) groups excluding carboxylic acids is 1. The van der Waals surface area contributed by atoms with E-state index in [0.29, 0.717) is 5.92 Å². The maximum Gasteiger partial charge on any atom is 0.248 e.